The summed E-state index contributed by atoms with van der Waals surface area (Å²) in [7, 11) is 0. The van der Waals surface area contributed by atoms with Crippen LogP contribution < -0.4 is 35.3 Å². The van der Waals surface area contributed by atoms with Crippen LogP contribution >= 0.6 is 22.7 Å². The van der Waals surface area contributed by atoms with E-state index in [1.807, 2.05) is 22.7 Å². The van der Waals surface area contributed by atoms with Gasteiger partial charge >= 0.3 is 0 Å². The summed E-state index contributed by atoms with van der Waals surface area (Å²) >= 11 is 3.76. The Labute approximate surface area is 877 Å². The quantitative estimate of drug-likeness (QED) is 0.0559. The number of nitrogens with zero attached hydrogens (tertiary/aromatic N) is 4. The molecular weight excluding hydrogens is 1810 g/mol. The molecule has 20 aromatic carbocycles. The third kappa shape index (κ3) is 22.7. The molecule has 22 rings (SSSR count). The van der Waals surface area contributed by atoms with Gasteiger partial charge in [0.25, 0.3) is 6.71 Å². The van der Waals surface area contributed by atoms with Crippen molar-refractivity contribution in [2.75, 3.05) is 19.6 Å². The second-order valence-corrected chi connectivity index (χ2v) is 41.1. The Kier molecular flexibility index (Phi) is 29.5. The van der Waals surface area contributed by atoms with Crippen molar-refractivity contribution in [1.29, 1.82) is 0 Å². The van der Waals surface area contributed by atoms with Crippen LogP contribution in [0.2, 0.25) is 0 Å². The maximum absolute atomic E-state index is 2.36. The summed E-state index contributed by atoms with van der Waals surface area (Å²) in [5.74, 6) is 0. The van der Waals surface area contributed by atoms with E-state index in [0.717, 1.165) is 68.2 Å². The normalized spacial score (nSPS) is 11.0. The molecule has 0 spiro atoms. The summed E-state index contributed by atoms with van der Waals surface area (Å²) in [6.45, 7) is 26.5. The SMILES string of the molecule is Cc1ccc(N(c2ccc(C)cc2)c2ccc(-c3ccc(-c4ccc(N(c5ccc(C)cc5)c5ccc(C)cc5)cc4)s3)cc2)cc1.Cc1ccc(N(c2ccc(C)cc2)c2ccc(-c3ccc(B(c4c(C)cc(C)cc4C)c4c(C)cc(C)cc4C)s3)cc2)cc1.c1ccc(-c2ccc(-c3ccc(N(c4ccc(-c5ccc(-c6ccccc6)cc5)cc4)c4ccc(-c5ccc(-c6ccccc6)cc5)cc4)cc3)cc2)cc1. The van der Waals surface area contributed by atoms with Gasteiger partial charge in [-0.15, -0.1) is 22.7 Å². The molecule has 0 aliphatic carbocycles. The molecule has 0 saturated heterocycles. The predicted molar refractivity (Wildman–Crippen MR) is 637 cm³/mol. The van der Waals surface area contributed by atoms with Crippen molar-refractivity contribution in [3.8, 4) is 98.1 Å². The second kappa shape index (κ2) is 44.5. The standard InChI is InChI=1S/C54H39N.C44H38N2S.C42H42BNS/c1-4-10-40(11-5-1)43-16-22-46(23-17-43)49-28-34-52(35-29-49)55(53-36-30-50(31-37-53)47-24-18-44(19-25-47)41-12-6-2-7-13-41)54-38-32-51(33-39-54)48-26-20-45(21-27-48)42-14-8-3-9-15-42;1-31-5-17-37(18-6-31)45(38-19-7-32(2)8-20-38)41-25-13-35(14-26-41)43-29-30-44(47-43)36-15-27-42(28-16-36)46(39-21-9-33(3)10-22-39)40-23-11-34(4)12-24-40;1-27-9-15-36(16-10-27)44(37-17-11-28(2)12-18-37)38-19-13-35(14-20-38)39-21-22-40(45-39)43(41-31(5)23-29(3)24-32(41)6)42-33(7)25-30(4)26-34(42)8/h1-39H;5-30H,1-4H3;9-26H,1-8H3. The fourth-order valence-corrected chi connectivity index (χ4v) is 22.3. The highest BCUT2D eigenvalue weighted by atomic mass is 32.1. The molecule has 0 N–H and O–H groups in total. The summed E-state index contributed by atoms with van der Waals surface area (Å²) in [6.07, 6.45) is 0. The highest BCUT2D eigenvalue weighted by molar-refractivity contribution is 7.29. The lowest BCUT2D eigenvalue weighted by molar-refractivity contribution is 1.27. The van der Waals surface area contributed by atoms with Crippen LogP contribution in [-0.2, 0) is 0 Å². The minimum atomic E-state index is 0.197. The highest BCUT2D eigenvalue weighted by Gasteiger charge is 2.31. The van der Waals surface area contributed by atoms with Crippen LogP contribution in [0.5, 0.6) is 0 Å². The molecular formula is C140H119BN4S2. The van der Waals surface area contributed by atoms with Crippen molar-refractivity contribution in [1.82, 2.24) is 0 Å². The first-order valence-electron chi connectivity index (χ1n) is 50.8. The lowest BCUT2D eigenvalue weighted by Crippen LogP contribution is -2.54. The molecule has 0 bridgehead atoms. The minimum Gasteiger partial charge on any atom is -0.311 e. The van der Waals surface area contributed by atoms with Crippen molar-refractivity contribution in [2.45, 2.75) is 83.1 Å². The van der Waals surface area contributed by atoms with Gasteiger partial charge in [0.1, 0.15) is 0 Å². The first-order valence-corrected chi connectivity index (χ1v) is 52.4. The molecule has 0 aliphatic heterocycles. The van der Waals surface area contributed by atoms with Crippen molar-refractivity contribution < 1.29 is 0 Å². The summed E-state index contributed by atoms with van der Waals surface area (Å²) in [5, 5.41) is 0. The topological polar surface area (TPSA) is 13.0 Å². The summed E-state index contributed by atoms with van der Waals surface area (Å²) in [4.78, 5) is 13.1. The Bertz CT molecular complexity index is 7490. The summed E-state index contributed by atoms with van der Waals surface area (Å²) in [5.41, 5.74) is 50.4. The van der Waals surface area contributed by atoms with Crippen molar-refractivity contribution in [3.05, 3.63) is 570 Å². The Hall–Kier alpha value is -16.9. The van der Waals surface area contributed by atoms with Gasteiger partial charge in [-0.1, -0.05) is 417 Å². The molecule has 2 heterocycles. The van der Waals surface area contributed by atoms with Crippen LogP contribution in [0, 0.1) is 83.1 Å². The van der Waals surface area contributed by atoms with Crippen molar-refractivity contribution >= 4 is 113 Å². The average molecular weight is 1930 g/mol. The summed E-state index contributed by atoms with van der Waals surface area (Å²) in [6, 6.07) is 183. The number of hydrogen-bond donors (Lipinski definition) is 0. The molecule has 4 nitrogen and oxygen atoms in total. The molecule has 7 heteroatoms. The number of benzene rings is 20. The Morgan fingerprint density at radius 3 is 0.476 bits per heavy atom. The van der Waals surface area contributed by atoms with Gasteiger partial charge < -0.3 is 19.6 Å². The molecule has 0 radical (unpaired) electrons. The second-order valence-electron chi connectivity index (χ2n) is 38.9. The monoisotopic (exact) mass is 1930 g/mol. The molecule has 22 aromatic rings. The van der Waals surface area contributed by atoms with Crippen LogP contribution in [0.25, 0.3) is 98.1 Å². The lowest BCUT2D eigenvalue weighted by Gasteiger charge is -2.26. The van der Waals surface area contributed by atoms with E-state index in [4.69, 9.17) is 0 Å². The molecule has 0 fully saturated rings. The van der Waals surface area contributed by atoms with Crippen molar-refractivity contribution in [3.63, 3.8) is 0 Å². The van der Waals surface area contributed by atoms with Gasteiger partial charge in [0.05, 0.1) is 0 Å². The van der Waals surface area contributed by atoms with E-state index in [0.29, 0.717) is 0 Å². The molecule has 0 aliphatic rings. The third-order valence-corrected chi connectivity index (χ3v) is 30.3. The molecule has 0 unspecified atom stereocenters. The predicted octanol–water partition coefficient (Wildman–Crippen LogP) is 38.3. The van der Waals surface area contributed by atoms with Crippen LogP contribution in [0.1, 0.15) is 66.8 Å². The largest absolute Gasteiger partial charge is 0.311 e. The van der Waals surface area contributed by atoms with E-state index >= 15 is 0 Å². The van der Waals surface area contributed by atoms with Gasteiger partial charge in [-0.25, -0.2) is 0 Å². The van der Waals surface area contributed by atoms with Gasteiger partial charge in [-0.2, -0.15) is 0 Å². The fourth-order valence-electron chi connectivity index (χ4n) is 20.2. The Morgan fingerprint density at radius 2 is 0.286 bits per heavy atom. The number of hydrogen-bond acceptors (Lipinski definition) is 6. The molecule has 0 amide bonds. The van der Waals surface area contributed by atoms with E-state index in [-0.39, 0.29) is 6.71 Å². The van der Waals surface area contributed by atoms with Gasteiger partial charge in [-0.3, -0.25) is 0 Å². The van der Waals surface area contributed by atoms with Crippen LogP contribution in [0.15, 0.2) is 504 Å². The third-order valence-electron chi connectivity index (χ3n) is 27.9. The fraction of sp³-hybridized carbons (Fsp3) is 0.0857. The van der Waals surface area contributed by atoms with Crippen molar-refractivity contribution in [2.24, 2.45) is 0 Å². The summed E-state index contributed by atoms with van der Waals surface area (Å²) < 4.78 is 1.39. The Morgan fingerprint density at radius 1 is 0.136 bits per heavy atom. The first-order chi connectivity index (χ1) is 71.7. The highest BCUT2D eigenvalue weighted by Crippen LogP contribution is 2.45. The van der Waals surface area contributed by atoms with E-state index < -0.39 is 0 Å². The first kappa shape index (κ1) is 97.5. The Balaban J connectivity index is 0.000000135. The maximum atomic E-state index is 2.36. The average Bonchev–Trinajstić information content (AvgIpc) is 1.74. The molecule has 147 heavy (non-hydrogen) atoms. The van der Waals surface area contributed by atoms with E-state index in [9.17, 15) is 0 Å². The number of anilines is 12. The number of aryl methyl sites for hydroxylation is 12. The van der Waals surface area contributed by atoms with Gasteiger partial charge in [0, 0.05) is 82.9 Å². The van der Waals surface area contributed by atoms with Crippen LogP contribution in [0.3, 0.4) is 0 Å². The van der Waals surface area contributed by atoms with Gasteiger partial charge in [0.15, 0.2) is 0 Å². The smallest absolute Gasteiger partial charge is 0.255 e. The zero-order valence-electron chi connectivity index (χ0n) is 85.6. The van der Waals surface area contributed by atoms with Gasteiger partial charge in [-0.05, 0) is 335 Å². The van der Waals surface area contributed by atoms with E-state index in [1.165, 1.54) is 181 Å². The zero-order valence-corrected chi connectivity index (χ0v) is 87.2. The van der Waals surface area contributed by atoms with Crippen LogP contribution in [0.4, 0.5) is 68.2 Å². The molecule has 0 atom stereocenters. The molecule has 2 aromatic heterocycles. The number of rotatable bonds is 24. The maximum Gasteiger partial charge on any atom is 0.255 e. The van der Waals surface area contributed by atoms with Crippen LogP contribution in [-0.4, -0.2) is 6.71 Å². The van der Waals surface area contributed by atoms with E-state index in [2.05, 4.69) is 606 Å². The number of thiophene rings is 2. The van der Waals surface area contributed by atoms with Gasteiger partial charge in [0.2, 0.25) is 0 Å². The van der Waals surface area contributed by atoms with E-state index in [1.54, 1.807) is 0 Å². The minimum absolute atomic E-state index is 0.197. The molecule has 0 saturated carbocycles. The zero-order chi connectivity index (χ0) is 101. The molecule has 714 valence electrons. The lowest BCUT2D eigenvalue weighted by atomic mass is 9.37.